The minimum absolute atomic E-state index is 0.0418. The molecule has 0 saturated heterocycles. The van der Waals surface area contributed by atoms with Gasteiger partial charge in [-0.15, -0.1) is 0 Å². The number of phosphoric acid groups is 1. The summed E-state index contributed by atoms with van der Waals surface area (Å²) in [5.41, 5.74) is 0. The van der Waals surface area contributed by atoms with Gasteiger partial charge in [0.05, 0.1) is 27.7 Å². The summed E-state index contributed by atoms with van der Waals surface area (Å²) in [5, 5.41) is 0. The molecule has 0 amide bonds. The third-order valence-corrected chi connectivity index (χ3v) is 14.8. The number of unbranched alkanes of at least 4 members (excludes halogenated alkanes) is 22. The summed E-state index contributed by atoms with van der Waals surface area (Å²) in [4.78, 5) is 38.0. The molecule has 84 heavy (non-hydrogen) atoms. The number of esters is 2. The monoisotopic (exact) mass is 1190 g/mol. The largest absolute Gasteiger partial charge is 0.756 e. The fourth-order valence-corrected chi connectivity index (χ4v) is 9.51. The standard InChI is InChI=1S/C74H124NO8P/c1-6-8-10-12-14-16-18-20-22-24-26-28-30-32-34-35-36-37-38-39-41-42-44-46-48-50-52-54-56-58-60-62-64-66-73(76)80-70-72(71-82-84(78,79)81-69-68-75(3,4)5)83-74(77)67-65-63-61-59-57-55-53-51-49-47-45-43-40-33-31-29-27-25-23-21-19-17-15-13-11-9-7-2/h8-11,14-17,20-23,26-29,32-34,40,45,47,51,53,72H,6-7,12-13,18-19,24-25,30-31,35-39,41-44,46,48-50,52,54-71H2,1-5H3/b10-8-,11-9-,16-14-,17-15-,22-20-,23-21-,28-26-,29-27-,34-32-,40-33-,47-45-,53-51-. The van der Waals surface area contributed by atoms with Gasteiger partial charge in [0.2, 0.25) is 0 Å². The maximum absolute atomic E-state index is 12.8. The molecule has 0 aliphatic heterocycles. The first kappa shape index (κ1) is 79.9. The first-order chi connectivity index (χ1) is 41.0. The van der Waals surface area contributed by atoms with E-state index in [2.05, 4.69) is 160 Å². The topological polar surface area (TPSA) is 111 Å². The smallest absolute Gasteiger partial charge is 0.306 e. The lowest BCUT2D eigenvalue weighted by Gasteiger charge is -2.28. The van der Waals surface area contributed by atoms with E-state index < -0.39 is 32.5 Å². The van der Waals surface area contributed by atoms with Crippen molar-refractivity contribution in [2.24, 2.45) is 0 Å². The lowest BCUT2D eigenvalue weighted by molar-refractivity contribution is -0.870. The van der Waals surface area contributed by atoms with Crippen molar-refractivity contribution in [1.82, 2.24) is 0 Å². The van der Waals surface area contributed by atoms with Crippen LogP contribution in [0.25, 0.3) is 0 Å². The van der Waals surface area contributed by atoms with Gasteiger partial charge in [-0.2, -0.15) is 0 Å². The number of likely N-dealkylation sites (N-methyl/N-ethyl adjacent to an activating group) is 1. The third-order valence-electron chi connectivity index (χ3n) is 13.9. The molecule has 0 N–H and O–H groups in total. The minimum atomic E-state index is -4.66. The highest BCUT2D eigenvalue weighted by Crippen LogP contribution is 2.38. The van der Waals surface area contributed by atoms with Crippen LogP contribution in [0.15, 0.2) is 146 Å². The van der Waals surface area contributed by atoms with Crippen molar-refractivity contribution in [3.05, 3.63) is 146 Å². The average molecular weight is 1190 g/mol. The molecular formula is C74H124NO8P. The number of carbonyl (C=O) groups excluding carboxylic acids is 2. The zero-order valence-electron chi connectivity index (χ0n) is 54.3. The molecule has 2 unspecified atom stereocenters. The quantitative estimate of drug-likeness (QED) is 0.0195. The Morgan fingerprint density at radius 1 is 0.369 bits per heavy atom. The number of carbonyl (C=O) groups is 2. The molecule has 9 nitrogen and oxygen atoms in total. The van der Waals surface area contributed by atoms with E-state index in [0.29, 0.717) is 17.4 Å². The molecule has 0 aromatic carbocycles. The summed E-state index contributed by atoms with van der Waals surface area (Å²) in [6, 6.07) is 0. The number of hydrogen-bond acceptors (Lipinski definition) is 8. The Labute approximate surface area is 516 Å². The summed E-state index contributed by atoms with van der Waals surface area (Å²) >= 11 is 0. The van der Waals surface area contributed by atoms with E-state index in [-0.39, 0.29) is 26.1 Å². The molecular weight excluding hydrogens is 1060 g/mol. The molecule has 0 fully saturated rings. The number of allylic oxidation sites excluding steroid dienone is 24. The van der Waals surface area contributed by atoms with Crippen LogP contribution in [0.2, 0.25) is 0 Å². The second-order valence-electron chi connectivity index (χ2n) is 23.1. The van der Waals surface area contributed by atoms with Crippen LogP contribution in [0.5, 0.6) is 0 Å². The second kappa shape index (κ2) is 63.4. The van der Waals surface area contributed by atoms with Gasteiger partial charge < -0.3 is 27.9 Å². The highest BCUT2D eigenvalue weighted by atomic mass is 31.2. The van der Waals surface area contributed by atoms with Crippen LogP contribution >= 0.6 is 7.82 Å². The molecule has 478 valence electrons. The summed E-state index contributed by atoms with van der Waals surface area (Å²) in [6.45, 7) is 3.99. The normalized spacial score (nSPS) is 14.1. The fraction of sp³-hybridized carbons (Fsp3) is 0.649. The zero-order chi connectivity index (χ0) is 61.2. The predicted octanol–water partition coefficient (Wildman–Crippen LogP) is 21.2. The van der Waals surface area contributed by atoms with Crippen LogP contribution in [0.4, 0.5) is 0 Å². The van der Waals surface area contributed by atoms with Gasteiger partial charge in [0.1, 0.15) is 19.8 Å². The van der Waals surface area contributed by atoms with Gasteiger partial charge in [-0.3, -0.25) is 14.2 Å². The Balaban J connectivity index is 4.13. The summed E-state index contributed by atoms with van der Waals surface area (Å²) in [5.74, 6) is -0.859. The van der Waals surface area contributed by atoms with Gasteiger partial charge in [-0.25, -0.2) is 0 Å². The minimum Gasteiger partial charge on any atom is -0.756 e. The van der Waals surface area contributed by atoms with Crippen LogP contribution < -0.4 is 4.89 Å². The van der Waals surface area contributed by atoms with E-state index >= 15 is 0 Å². The zero-order valence-corrected chi connectivity index (χ0v) is 55.2. The van der Waals surface area contributed by atoms with Gasteiger partial charge in [-0.05, 0) is 116 Å². The fourth-order valence-electron chi connectivity index (χ4n) is 8.78. The molecule has 0 bridgehead atoms. The molecule has 10 heteroatoms. The van der Waals surface area contributed by atoms with Crippen LogP contribution in [-0.2, 0) is 32.7 Å². The van der Waals surface area contributed by atoms with Crippen molar-refractivity contribution in [2.45, 2.75) is 264 Å². The van der Waals surface area contributed by atoms with E-state index in [0.717, 1.165) is 128 Å². The number of quaternary nitrogens is 1. The number of hydrogen-bond donors (Lipinski definition) is 0. The Morgan fingerprint density at radius 3 is 0.952 bits per heavy atom. The maximum Gasteiger partial charge on any atom is 0.306 e. The molecule has 0 aromatic rings. The van der Waals surface area contributed by atoms with E-state index in [1.165, 1.54) is 96.3 Å². The molecule has 0 spiro atoms. The molecule has 0 heterocycles. The number of nitrogens with zero attached hydrogens (tertiary/aromatic N) is 1. The lowest BCUT2D eigenvalue weighted by atomic mass is 10.0. The van der Waals surface area contributed by atoms with Crippen molar-refractivity contribution in [3.8, 4) is 0 Å². The molecule has 0 saturated carbocycles. The van der Waals surface area contributed by atoms with Gasteiger partial charge >= 0.3 is 11.9 Å². The SMILES string of the molecule is CC/C=C\C/C=C\C/C=C\C/C=C\C/C=C\C/C=C\C/C=C\CCCCCCCC(=O)OC(COC(=O)CCCCCCCCCCCCCCCCCCC/C=C\C/C=C\C/C=C\C/C=C\C/C=C\CC)COP(=O)([O-])OCC[N+](C)(C)C. The highest BCUT2D eigenvalue weighted by molar-refractivity contribution is 7.45. The van der Waals surface area contributed by atoms with E-state index in [9.17, 15) is 19.0 Å². The van der Waals surface area contributed by atoms with Gasteiger partial charge in [0.15, 0.2) is 6.10 Å². The van der Waals surface area contributed by atoms with Crippen molar-refractivity contribution >= 4 is 19.8 Å². The Bertz CT molecular complexity index is 1930. The Morgan fingerprint density at radius 2 is 0.643 bits per heavy atom. The summed E-state index contributed by atoms with van der Waals surface area (Å²) < 4.78 is 34.3. The molecule has 0 rings (SSSR count). The van der Waals surface area contributed by atoms with Crippen LogP contribution in [0, 0.1) is 0 Å². The average Bonchev–Trinajstić information content (AvgIpc) is 3.61. The van der Waals surface area contributed by atoms with Crippen LogP contribution in [0.3, 0.4) is 0 Å². The van der Waals surface area contributed by atoms with Gasteiger partial charge in [0, 0.05) is 12.8 Å². The predicted molar refractivity (Wildman–Crippen MR) is 360 cm³/mol. The first-order valence-corrected chi connectivity index (χ1v) is 35.0. The van der Waals surface area contributed by atoms with Crippen molar-refractivity contribution in [3.63, 3.8) is 0 Å². The Hall–Kier alpha value is -4.11. The number of phosphoric ester groups is 1. The van der Waals surface area contributed by atoms with Crippen molar-refractivity contribution in [2.75, 3.05) is 47.5 Å². The summed E-state index contributed by atoms with van der Waals surface area (Å²) in [7, 11) is 1.14. The molecule has 0 aliphatic carbocycles. The van der Waals surface area contributed by atoms with Gasteiger partial charge in [-0.1, -0.05) is 275 Å². The van der Waals surface area contributed by atoms with Crippen molar-refractivity contribution < 1.29 is 42.1 Å². The number of rotatable bonds is 60. The first-order valence-electron chi connectivity index (χ1n) is 33.5. The highest BCUT2D eigenvalue weighted by Gasteiger charge is 2.22. The van der Waals surface area contributed by atoms with E-state index in [1.807, 2.05) is 21.1 Å². The van der Waals surface area contributed by atoms with Crippen LogP contribution in [0.1, 0.15) is 258 Å². The number of ether oxygens (including phenoxy) is 2. The lowest BCUT2D eigenvalue weighted by Crippen LogP contribution is -2.37. The summed E-state index contributed by atoms with van der Waals surface area (Å²) in [6.07, 6.45) is 93.4. The maximum atomic E-state index is 12.8. The van der Waals surface area contributed by atoms with Gasteiger partial charge in [0.25, 0.3) is 7.82 Å². The Kier molecular flexibility index (Phi) is 60.3. The van der Waals surface area contributed by atoms with E-state index in [4.69, 9.17) is 18.5 Å². The molecule has 0 radical (unpaired) electrons. The van der Waals surface area contributed by atoms with Crippen molar-refractivity contribution in [1.29, 1.82) is 0 Å². The molecule has 0 aliphatic rings. The van der Waals surface area contributed by atoms with E-state index in [1.54, 1.807) is 0 Å². The third kappa shape index (κ3) is 67.0. The molecule has 2 atom stereocenters. The molecule has 0 aromatic heterocycles. The second-order valence-corrected chi connectivity index (χ2v) is 24.5. The van der Waals surface area contributed by atoms with Crippen LogP contribution in [-0.4, -0.2) is 70.0 Å².